The quantitative estimate of drug-likeness (QED) is 0.847. The van der Waals surface area contributed by atoms with Crippen LogP contribution in [0.2, 0.25) is 4.47 Å². The minimum Gasteiger partial charge on any atom is -0.326 e. The topological polar surface area (TPSA) is 71.1 Å². The molecule has 23 heavy (non-hydrogen) atoms. The Labute approximate surface area is 144 Å². The number of nitrogens with zero attached hydrogens (tertiary/aromatic N) is 1. The third kappa shape index (κ3) is 5.04. The van der Waals surface area contributed by atoms with Crippen molar-refractivity contribution in [3.63, 3.8) is 0 Å². The molecule has 7 heteroatoms. The van der Waals surface area contributed by atoms with E-state index in [4.69, 9.17) is 11.6 Å². The van der Waals surface area contributed by atoms with Crippen LogP contribution in [-0.2, 0) is 11.2 Å². The van der Waals surface area contributed by atoms with E-state index in [2.05, 4.69) is 29.5 Å². The second-order valence-electron chi connectivity index (χ2n) is 5.55. The highest BCUT2D eigenvalue weighted by Gasteiger charge is 2.18. The number of anilines is 2. The van der Waals surface area contributed by atoms with E-state index in [-0.39, 0.29) is 11.8 Å². The Morgan fingerprint density at radius 2 is 1.91 bits per heavy atom. The number of aromatic nitrogens is 1. The van der Waals surface area contributed by atoms with Gasteiger partial charge in [-0.15, -0.1) is 11.3 Å². The Morgan fingerprint density at radius 1 is 1.26 bits per heavy atom. The molecule has 0 aliphatic heterocycles. The molecule has 0 aliphatic carbocycles. The van der Waals surface area contributed by atoms with Gasteiger partial charge in [-0.25, -0.2) is 4.98 Å². The highest BCUT2D eigenvalue weighted by atomic mass is 35.5. The van der Waals surface area contributed by atoms with E-state index < -0.39 is 0 Å². The molecule has 0 spiro atoms. The van der Waals surface area contributed by atoms with Crippen molar-refractivity contribution in [1.82, 2.24) is 4.98 Å². The molecular weight excluding hydrogens is 334 g/mol. The molecule has 1 aromatic carbocycles. The smallest absolute Gasteiger partial charge is 0.275 e. The molecule has 2 aromatic rings. The Balaban J connectivity index is 2.17. The summed E-state index contributed by atoms with van der Waals surface area (Å²) in [5, 5.41) is 5.47. The van der Waals surface area contributed by atoms with Gasteiger partial charge in [-0.2, -0.15) is 0 Å². The number of hydrogen-bond acceptors (Lipinski definition) is 4. The predicted molar refractivity (Wildman–Crippen MR) is 94.4 cm³/mol. The van der Waals surface area contributed by atoms with E-state index in [1.54, 1.807) is 24.3 Å². The average Bonchev–Trinajstić information content (AvgIpc) is 2.78. The zero-order valence-corrected chi connectivity index (χ0v) is 14.7. The first-order valence-corrected chi connectivity index (χ1v) is 8.39. The van der Waals surface area contributed by atoms with Gasteiger partial charge in [0.1, 0.15) is 5.69 Å². The number of hydrogen-bond donors (Lipinski definition) is 2. The van der Waals surface area contributed by atoms with E-state index in [0.29, 0.717) is 27.5 Å². The largest absolute Gasteiger partial charge is 0.326 e. The van der Waals surface area contributed by atoms with Crippen LogP contribution < -0.4 is 10.6 Å². The Kier molecular flexibility index (Phi) is 5.74. The van der Waals surface area contributed by atoms with E-state index >= 15 is 0 Å². The van der Waals surface area contributed by atoms with E-state index in [9.17, 15) is 9.59 Å². The zero-order chi connectivity index (χ0) is 17.0. The fourth-order valence-corrected chi connectivity index (χ4v) is 3.43. The fraction of sp³-hybridized carbons (Fsp3) is 0.312. The first-order valence-electron chi connectivity index (χ1n) is 7.19. The van der Waals surface area contributed by atoms with Crippen LogP contribution in [0.5, 0.6) is 0 Å². The molecule has 5 nitrogen and oxygen atoms in total. The lowest BCUT2D eigenvalue weighted by atomic mass is 10.1. The Bertz CT molecular complexity index is 728. The molecule has 0 atom stereocenters. The lowest BCUT2D eigenvalue weighted by molar-refractivity contribution is -0.114. The van der Waals surface area contributed by atoms with Crippen LogP contribution >= 0.6 is 22.9 Å². The minimum absolute atomic E-state index is 0.168. The molecular formula is C16H18ClN3O2S. The van der Waals surface area contributed by atoms with E-state index in [1.165, 1.54) is 18.3 Å². The standard InChI is InChI=1S/C16H18ClN3O2S/c1-9(2)7-13-14(20-16(17)23-13)15(22)19-12-6-4-5-11(8-12)18-10(3)21/h4-6,8-9H,7H2,1-3H3,(H,18,21)(H,19,22). The molecule has 2 amide bonds. The first kappa shape index (κ1) is 17.4. The maximum Gasteiger partial charge on any atom is 0.275 e. The van der Waals surface area contributed by atoms with Crippen molar-refractivity contribution < 1.29 is 9.59 Å². The number of amides is 2. The molecule has 0 fully saturated rings. The molecule has 2 N–H and O–H groups in total. The highest BCUT2D eigenvalue weighted by molar-refractivity contribution is 7.16. The third-order valence-electron chi connectivity index (χ3n) is 2.92. The van der Waals surface area contributed by atoms with Gasteiger partial charge in [0.15, 0.2) is 4.47 Å². The van der Waals surface area contributed by atoms with Crippen LogP contribution in [-0.4, -0.2) is 16.8 Å². The van der Waals surface area contributed by atoms with Crippen LogP contribution in [0.15, 0.2) is 24.3 Å². The van der Waals surface area contributed by atoms with Gasteiger partial charge in [-0.05, 0) is 30.5 Å². The minimum atomic E-state index is -0.302. The summed E-state index contributed by atoms with van der Waals surface area (Å²) in [7, 11) is 0. The Hall–Kier alpha value is -1.92. The molecule has 1 heterocycles. The summed E-state index contributed by atoms with van der Waals surface area (Å²) < 4.78 is 0.359. The van der Waals surface area contributed by atoms with Crippen molar-refractivity contribution in [3.8, 4) is 0 Å². The molecule has 0 unspecified atom stereocenters. The molecule has 122 valence electrons. The SMILES string of the molecule is CC(=O)Nc1cccc(NC(=O)c2nc(Cl)sc2CC(C)C)c1. The van der Waals surface area contributed by atoms with Gasteiger partial charge in [-0.3, -0.25) is 9.59 Å². The number of benzene rings is 1. The van der Waals surface area contributed by atoms with Gasteiger partial charge in [0, 0.05) is 23.2 Å². The van der Waals surface area contributed by atoms with Crippen LogP contribution in [0.3, 0.4) is 0 Å². The summed E-state index contributed by atoms with van der Waals surface area (Å²) in [4.78, 5) is 28.6. The maximum atomic E-state index is 12.5. The summed E-state index contributed by atoms with van der Waals surface area (Å²) >= 11 is 7.29. The number of rotatable bonds is 5. The van der Waals surface area contributed by atoms with Crippen molar-refractivity contribution in [1.29, 1.82) is 0 Å². The number of carbonyl (C=O) groups is 2. The summed E-state index contributed by atoms with van der Waals surface area (Å²) in [6.45, 7) is 5.58. The third-order valence-corrected chi connectivity index (χ3v) is 4.10. The first-order chi connectivity index (χ1) is 10.8. The van der Waals surface area contributed by atoms with Crippen LogP contribution in [0, 0.1) is 5.92 Å². The lowest BCUT2D eigenvalue weighted by Gasteiger charge is -2.08. The number of carbonyl (C=O) groups excluding carboxylic acids is 2. The van der Waals surface area contributed by atoms with Crippen LogP contribution in [0.1, 0.15) is 36.1 Å². The van der Waals surface area contributed by atoms with Gasteiger partial charge in [0.25, 0.3) is 5.91 Å². The van der Waals surface area contributed by atoms with E-state index in [1.807, 2.05) is 0 Å². The van der Waals surface area contributed by atoms with Gasteiger partial charge >= 0.3 is 0 Å². The van der Waals surface area contributed by atoms with Crippen molar-refractivity contribution in [2.24, 2.45) is 5.92 Å². The van der Waals surface area contributed by atoms with Crippen LogP contribution in [0.4, 0.5) is 11.4 Å². The predicted octanol–water partition coefficient (Wildman–Crippen LogP) is 4.21. The second kappa shape index (κ2) is 7.57. The summed E-state index contributed by atoms with van der Waals surface area (Å²) in [5.41, 5.74) is 1.56. The fourth-order valence-electron chi connectivity index (χ4n) is 2.08. The summed E-state index contributed by atoms with van der Waals surface area (Å²) in [6, 6.07) is 6.94. The number of thiazole rings is 1. The molecule has 1 aromatic heterocycles. The van der Waals surface area contributed by atoms with E-state index in [0.717, 1.165) is 11.3 Å². The van der Waals surface area contributed by atoms with Gasteiger partial charge in [0.2, 0.25) is 5.91 Å². The molecule has 0 saturated heterocycles. The molecule has 0 aliphatic rings. The molecule has 0 radical (unpaired) electrons. The Morgan fingerprint density at radius 3 is 2.52 bits per heavy atom. The van der Waals surface area contributed by atoms with Gasteiger partial charge in [0.05, 0.1) is 0 Å². The monoisotopic (exact) mass is 351 g/mol. The van der Waals surface area contributed by atoms with Gasteiger partial charge < -0.3 is 10.6 Å². The summed E-state index contributed by atoms with van der Waals surface area (Å²) in [6.07, 6.45) is 0.749. The zero-order valence-electron chi connectivity index (χ0n) is 13.1. The van der Waals surface area contributed by atoms with Crippen molar-refractivity contribution in [2.75, 3.05) is 10.6 Å². The molecule has 2 rings (SSSR count). The van der Waals surface area contributed by atoms with Crippen LogP contribution in [0.25, 0.3) is 0 Å². The average molecular weight is 352 g/mol. The highest BCUT2D eigenvalue weighted by Crippen LogP contribution is 2.26. The number of nitrogens with one attached hydrogen (secondary N) is 2. The second-order valence-corrected chi connectivity index (χ2v) is 7.22. The van der Waals surface area contributed by atoms with Crippen molar-refractivity contribution in [3.05, 3.63) is 39.3 Å². The van der Waals surface area contributed by atoms with Crippen molar-refractivity contribution in [2.45, 2.75) is 27.2 Å². The normalized spacial score (nSPS) is 10.7. The summed E-state index contributed by atoms with van der Waals surface area (Å²) in [5.74, 6) is -0.0658. The van der Waals surface area contributed by atoms with Gasteiger partial charge in [-0.1, -0.05) is 31.5 Å². The molecule has 0 saturated carbocycles. The number of halogens is 1. The van der Waals surface area contributed by atoms with Crippen molar-refractivity contribution >= 4 is 46.1 Å². The lowest BCUT2D eigenvalue weighted by Crippen LogP contribution is -2.15. The maximum absolute atomic E-state index is 12.5. The molecule has 0 bridgehead atoms.